The molecular weight excluding hydrogens is 383 g/mol. The first-order valence-electron chi connectivity index (χ1n) is 7.88. The molecule has 1 aliphatic rings. The lowest BCUT2D eigenvalue weighted by molar-refractivity contribution is -0.138. The molecule has 4 nitrogen and oxygen atoms in total. The van der Waals surface area contributed by atoms with E-state index in [0.717, 1.165) is 17.5 Å². The number of carbonyl (C=O) groups is 1. The zero-order valence-corrected chi connectivity index (χ0v) is 15.4. The molecule has 136 valence electrons. The molecule has 2 aromatic rings. The lowest BCUT2D eigenvalue weighted by Gasteiger charge is -2.16. The molecule has 0 amide bonds. The van der Waals surface area contributed by atoms with Crippen molar-refractivity contribution in [3.05, 3.63) is 38.5 Å². The maximum atomic E-state index is 13.5. The second-order valence-electron chi connectivity index (χ2n) is 5.94. The molecule has 2 aromatic heterocycles. The van der Waals surface area contributed by atoms with Crippen molar-refractivity contribution in [2.24, 2.45) is 0 Å². The molecule has 0 bridgehead atoms. The summed E-state index contributed by atoms with van der Waals surface area (Å²) in [6.45, 7) is 1.82. The number of thioether (sulfide) groups is 1. The first-order chi connectivity index (χ1) is 12.3. The number of pyridine rings is 1. The first-order valence-corrected chi connectivity index (χ1v) is 9.74. The first kappa shape index (κ1) is 18.9. The van der Waals surface area contributed by atoms with Gasteiger partial charge in [0.05, 0.1) is 23.3 Å². The van der Waals surface area contributed by atoms with E-state index in [0.29, 0.717) is 23.5 Å². The van der Waals surface area contributed by atoms with Crippen LogP contribution >= 0.6 is 23.1 Å². The highest BCUT2D eigenvalue weighted by molar-refractivity contribution is 8.00. The van der Waals surface area contributed by atoms with Crippen molar-refractivity contribution in [3.8, 4) is 6.07 Å². The van der Waals surface area contributed by atoms with Crippen LogP contribution in [0.2, 0.25) is 0 Å². The van der Waals surface area contributed by atoms with Crippen LogP contribution in [0.3, 0.4) is 0 Å². The van der Waals surface area contributed by atoms with Crippen molar-refractivity contribution < 1.29 is 18.0 Å². The third-order valence-corrected chi connectivity index (χ3v) is 5.97. The Kier molecular flexibility index (Phi) is 5.34. The Labute approximate surface area is 156 Å². The van der Waals surface area contributed by atoms with Gasteiger partial charge in [-0.25, -0.2) is 9.97 Å². The second kappa shape index (κ2) is 7.37. The van der Waals surface area contributed by atoms with Gasteiger partial charge in [0, 0.05) is 16.8 Å². The molecule has 0 aliphatic heterocycles. The molecule has 0 N–H and O–H groups in total. The number of rotatable bonds is 5. The summed E-state index contributed by atoms with van der Waals surface area (Å²) in [7, 11) is 0. The number of hydrogen-bond donors (Lipinski definition) is 0. The molecule has 3 rings (SSSR count). The number of alkyl halides is 3. The Hall–Kier alpha value is -1.92. The minimum absolute atomic E-state index is 0.0101. The van der Waals surface area contributed by atoms with Gasteiger partial charge in [0.15, 0.2) is 0 Å². The van der Waals surface area contributed by atoms with Crippen molar-refractivity contribution in [1.29, 1.82) is 5.26 Å². The van der Waals surface area contributed by atoms with Gasteiger partial charge in [0.1, 0.15) is 21.9 Å². The van der Waals surface area contributed by atoms with E-state index in [9.17, 15) is 23.2 Å². The number of ketones is 1. The Morgan fingerprint density at radius 1 is 1.38 bits per heavy atom. The van der Waals surface area contributed by atoms with Crippen LogP contribution in [0.15, 0.2) is 10.4 Å². The summed E-state index contributed by atoms with van der Waals surface area (Å²) in [5, 5.41) is 11.8. The van der Waals surface area contributed by atoms with Gasteiger partial charge in [-0.15, -0.1) is 11.3 Å². The van der Waals surface area contributed by atoms with E-state index in [1.54, 1.807) is 6.07 Å². The van der Waals surface area contributed by atoms with Gasteiger partial charge < -0.3 is 0 Å². The summed E-state index contributed by atoms with van der Waals surface area (Å²) in [5.74, 6) is -0.208. The highest BCUT2D eigenvalue weighted by Crippen LogP contribution is 2.41. The number of fused-ring (bicyclic) bond motifs is 1. The molecule has 2 heterocycles. The summed E-state index contributed by atoms with van der Waals surface area (Å²) in [6.07, 6.45) is -3.15. The fourth-order valence-corrected chi connectivity index (χ4v) is 4.60. The number of nitrogens with zero attached hydrogens (tertiary/aromatic N) is 3. The monoisotopic (exact) mass is 397 g/mol. The largest absolute Gasteiger partial charge is 0.418 e. The van der Waals surface area contributed by atoms with Crippen molar-refractivity contribution >= 4 is 28.9 Å². The Bertz CT molecular complexity index is 900. The molecule has 0 atom stereocenters. The van der Waals surface area contributed by atoms with Gasteiger partial charge in [-0.2, -0.15) is 18.4 Å². The smallest absolute Gasteiger partial charge is 0.298 e. The van der Waals surface area contributed by atoms with Gasteiger partial charge in [0.2, 0.25) is 0 Å². The number of aromatic nitrogens is 2. The number of nitriles is 1. The highest BCUT2D eigenvalue weighted by Gasteiger charge is 2.40. The third-order valence-electron chi connectivity index (χ3n) is 3.97. The fourth-order valence-electron chi connectivity index (χ4n) is 2.93. The SMILES string of the molecule is Cc1csc(CC(=O)CSc2nc3c(c(C(F)(F)F)c2C#N)CCC3)n1. The van der Waals surface area contributed by atoms with Crippen LogP contribution in [0.4, 0.5) is 13.2 Å². The number of carbonyl (C=O) groups excluding carboxylic acids is 1. The molecule has 0 fully saturated rings. The van der Waals surface area contributed by atoms with Crippen molar-refractivity contribution in [1.82, 2.24) is 9.97 Å². The number of Topliss-reactive ketones (excluding diaryl/α,β-unsaturated/α-hetero) is 1. The minimum atomic E-state index is -4.61. The number of aryl methyl sites for hydroxylation is 2. The molecule has 0 spiro atoms. The molecule has 0 saturated carbocycles. The van der Waals surface area contributed by atoms with Gasteiger partial charge in [-0.05, 0) is 31.7 Å². The maximum Gasteiger partial charge on any atom is 0.418 e. The van der Waals surface area contributed by atoms with E-state index in [4.69, 9.17) is 0 Å². The Balaban J connectivity index is 1.84. The normalized spacial score (nSPS) is 13.5. The van der Waals surface area contributed by atoms with E-state index in [2.05, 4.69) is 9.97 Å². The van der Waals surface area contributed by atoms with E-state index >= 15 is 0 Å². The maximum absolute atomic E-state index is 13.5. The summed E-state index contributed by atoms with van der Waals surface area (Å²) >= 11 is 2.27. The molecule has 0 radical (unpaired) electrons. The standard InChI is InChI=1S/C17H14F3N3OS2/c1-9-7-25-14(22-9)5-10(24)8-26-16-12(6-21)15(17(18,19)20)11-3-2-4-13(11)23-16/h7H,2-5,8H2,1H3. The summed E-state index contributed by atoms with van der Waals surface area (Å²) < 4.78 is 40.5. The average molecular weight is 397 g/mol. The third kappa shape index (κ3) is 3.91. The summed E-state index contributed by atoms with van der Waals surface area (Å²) in [5.41, 5.74) is -0.00817. The van der Waals surface area contributed by atoms with Gasteiger partial charge >= 0.3 is 6.18 Å². The predicted octanol–water partition coefficient (Wildman–Crippen LogP) is 4.13. The fraction of sp³-hybridized carbons (Fsp3) is 0.412. The van der Waals surface area contributed by atoms with E-state index in [1.165, 1.54) is 11.3 Å². The number of halogens is 3. The summed E-state index contributed by atoms with van der Waals surface area (Å²) in [4.78, 5) is 20.6. The van der Waals surface area contributed by atoms with Gasteiger partial charge in [-0.3, -0.25) is 4.79 Å². The second-order valence-corrected chi connectivity index (χ2v) is 7.85. The molecule has 1 aliphatic carbocycles. The van der Waals surface area contributed by atoms with Crippen molar-refractivity contribution in [3.63, 3.8) is 0 Å². The van der Waals surface area contributed by atoms with E-state index in [1.807, 2.05) is 12.3 Å². The van der Waals surface area contributed by atoms with E-state index in [-0.39, 0.29) is 35.0 Å². The Morgan fingerprint density at radius 2 is 2.15 bits per heavy atom. The molecule has 26 heavy (non-hydrogen) atoms. The number of hydrogen-bond acceptors (Lipinski definition) is 6. The van der Waals surface area contributed by atoms with Gasteiger partial charge in [-0.1, -0.05) is 11.8 Å². The van der Waals surface area contributed by atoms with Crippen LogP contribution in [0, 0.1) is 18.3 Å². The zero-order valence-electron chi connectivity index (χ0n) is 13.8. The Morgan fingerprint density at radius 3 is 2.77 bits per heavy atom. The van der Waals surface area contributed by atoms with Crippen LogP contribution in [-0.2, 0) is 30.2 Å². The van der Waals surface area contributed by atoms with Crippen molar-refractivity contribution in [2.75, 3.05) is 5.75 Å². The molecule has 0 aromatic carbocycles. The van der Waals surface area contributed by atoms with Crippen LogP contribution in [0.25, 0.3) is 0 Å². The average Bonchev–Trinajstić information content (AvgIpc) is 3.18. The minimum Gasteiger partial charge on any atom is -0.298 e. The summed E-state index contributed by atoms with van der Waals surface area (Å²) in [6, 6.07) is 1.65. The topological polar surface area (TPSA) is 66.6 Å². The van der Waals surface area contributed by atoms with Crippen LogP contribution in [-0.4, -0.2) is 21.5 Å². The van der Waals surface area contributed by atoms with Gasteiger partial charge in [0.25, 0.3) is 0 Å². The molecule has 0 saturated heterocycles. The van der Waals surface area contributed by atoms with E-state index < -0.39 is 17.3 Å². The number of thiazole rings is 1. The van der Waals surface area contributed by atoms with Crippen LogP contribution < -0.4 is 0 Å². The highest BCUT2D eigenvalue weighted by atomic mass is 32.2. The quantitative estimate of drug-likeness (QED) is 0.710. The van der Waals surface area contributed by atoms with Crippen molar-refractivity contribution in [2.45, 2.75) is 43.8 Å². The molecule has 9 heteroatoms. The van der Waals surface area contributed by atoms with Crippen LogP contribution in [0.5, 0.6) is 0 Å². The van der Waals surface area contributed by atoms with Crippen LogP contribution in [0.1, 0.15) is 39.5 Å². The lowest BCUT2D eigenvalue weighted by atomic mass is 10.0. The lowest BCUT2D eigenvalue weighted by Crippen LogP contribution is -2.15. The molecular formula is C17H14F3N3OS2. The zero-order chi connectivity index (χ0) is 18.9. The predicted molar refractivity (Wildman–Crippen MR) is 92.3 cm³/mol. The molecule has 0 unspecified atom stereocenters.